The van der Waals surface area contributed by atoms with Crippen LogP contribution in [0.4, 0.5) is 28.4 Å². The summed E-state index contributed by atoms with van der Waals surface area (Å²) in [4.78, 5) is 5.35. The Morgan fingerprint density at radius 2 is 1.14 bits per heavy atom. The summed E-state index contributed by atoms with van der Waals surface area (Å²) in [5, 5.41) is 9.96. The number of allylic oxidation sites excluding steroid dienone is 9. The van der Waals surface area contributed by atoms with E-state index in [0.717, 1.165) is 65.4 Å². The van der Waals surface area contributed by atoms with Crippen molar-refractivity contribution in [3.63, 3.8) is 0 Å². The summed E-state index contributed by atoms with van der Waals surface area (Å²) in [5.41, 5.74) is 24.5. The largest absolute Gasteiger partial charge is 0.454 e. The van der Waals surface area contributed by atoms with Crippen LogP contribution >= 0.6 is 0 Å². The predicted molar refractivity (Wildman–Crippen MR) is 365 cm³/mol. The molecule has 3 heteroatoms. The Balaban J connectivity index is 1.00. The first-order valence-corrected chi connectivity index (χ1v) is 31.2. The van der Waals surface area contributed by atoms with Crippen LogP contribution in [0.15, 0.2) is 276 Å². The monoisotopic (exact) mass is 1110 g/mol. The molecule has 0 fully saturated rings. The lowest BCUT2D eigenvalue weighted by molar-refractivity contribution is 0.601. The lowest BCUT2D eigenvalue weighted by Crippen LogP contribution is -2.38. The van der Waals surface area contributed by atoms with Crippen molar-refractivity contribution >= 4 is 82.7 Å². The Kier molecular flexibility index (Phi) is 12.7. The van der Waals surface area contributed by atoms with Gasteiger partial charge >= 0.3 is 0 Å². The molecule has 4 aliphatic carbocycles. The van der Waals surface area contributed by atoms with Crippen LogP contribution in [0.1, 0.15) is 87.5 Å². The Morgan fingerprint density at radius 1 is 0.465 bits per heavy atom. The van der Waals surface area contributed by atoms with Crippen LogP contribution in [0.5, 0.6) is 0 Å². The van der Waals surface area contributed by atoms with Crippen molar-refractivity contribution in [2.75, 3.05) is 9.80 Å². The Hall–Kier alpha value is -9.70. The number of furan rings is 1. The summed E-state index contributed by atoms with van der Waals surface area (Å²) in [6, 6.07) is 75.4. The molecule has 416 valence electrons. The summed E-state index contributed by atoms with van der Waals surface area (Å²) in [6.45, 7) is 9.53. The number of para-hydroxylation sites is 2. The minimum Gasteiger partial charge on any atom is -0.454 e. The molecule has 3 nitrogen and oxygen atoms in total. The third-order valence-corrected chi connectivity index (χ3v) is 19.1. The molecule has 2 unspecified atom stereocenters. The van der Waals surface area contributed by atoms with E-state index >= 15 is 0 Å². The fourth-order valence-corrected chi connectivity index (χ4v) is 15.0. The van der Waals surface area contributed by atoms with Gasteiger partial charge in [0.15, 0.2) is 5.58 Å². The summed E-state index contributed by atoms with van der Waals surface area (Å²) in [7, 11) is 0. The molecule has 1 aromatic heterocycles. The van der Waals surface area contributed by atoms with Gasteiger partial charge in [-0.15, -0.1) is 0 Å². The van der Waals surface area contributed by atoms with E-state index in [1.165, 1.54) is 122 Å². The molecule has 0 aliphatic heterocycles. The number of benzene rings is 11. The summed E-state index contributed by atoms with van der Waals surface area (Å²) in [6.07, 6.45) is 26.7. The van der Waals surface area contributed by atoms with Crippen molar-refractivity contribution in [1.82, 2.24) is 0 Å². The average Bonchev–Trinajstić information content (AvgIpc) is 0.749. The first-order chi connectivity index (χ1) is 42.3. The second-order valence-corrected chi connectivity index (χ2v) is 24.8. The third kappa shape index (κ3) is 8.53. The van der Waals surface area contributed by atoms with Gasteiger partial charge in [-0.3, -0.25) is 0 Å². The molecule has 16 rings (SSSR count). The molecule has 0 saturated heterocycles. The van der Waals surface area contributed by atoms with E-state index in [2.05, 4.69) is 292 Å². The molecule has 1 heterocycles. The highest BCUT2D eigenvalue weighted by atomic mass is 16.3. The molecular weight excluding hydrogens is 1040 g/mol. The van der Waals surface area contributed by atoms with Gasteiger partial charge in [0, 0.05) is 39.4 Å². The van der Waals surface area contributed by atoms with Gasteiger partial charge in [-0.1, -0.05) is 246 Å². The molecule has 0 spiro atoms. The highest BCUT2D eigenvalue weighted by Crippen LogP contribution is 2.55. The first kappa shape index (κ1) is 51.9. The van der Waals surface area contributed by atoms with Crippen LogP contribution in [0.25, 0.3) is 87.6 Å². The molecule has 0 amide bonds. The summed E-state index contributed by atoms with van der Waals surface area (Å²) in [5.74, 6) is 0.510. The van der Waals surface area contributed by atoms with Gasteiger partial charge in [-0.05, 0) is 163 Å². The van der Waals surface area contributed by atoms with E-state index in [9.17, 15) is 0 Å². The predicted octanol–water partition coefficient (Wildman–Crippen LogP) is 23.3. The van der Waals surface area contributed by atoms with Crippen LogP contribution in [-0.4, -0.2) is 6.04 Å². The zero-order valence-electron chi connectivity index (χ0n) is 49.4. The number of hydrogen-bond donors (Lipinski definition) is 0. The number of nitrogens with zero attached hydrogens (tertiary/aromatic N) is 2. The summed E-state index contributed by atoms with van der Waals surface area (Å²) < 4.78 is 7.14. The van der Waals surface area contributed by atoms with Gasteiger partial charge < -0.3 is 14.2 Å². The summed E-state index contributed by atoms with van der Waals surface area (Å²) >= 11 is 0. The lowest BCUT2D eigenvalue weighted by atomic mass is 9.78. The molecule has 0 radical (unpaired) electrons. The first-order valence-electron chi connectivity index (χ1n) is 31.2. The molecule has 12 aromatic rings. The van der Waals surface area contributed by atoms with Crippen LogP contribution < -0.4 is 9.80 Å². The highest BCUT2D eigenvalue weighted by molar-refractivity contribution is 6.30. The van der Waals surface area contributed by atoms with Gasteiger partial charge in [0.2, 0.25) is 0 Å². The molecule has 86 heavy (non-hydrogen) atoms. The number of anilines is 5. The van der Waals surface area contributed by atoms with Gasteiger partial charge in [0.05, 0.1) is 34.5 Å². The van der Waals surface area contributed by atoms with Crippen molar-refractivity contribution in [2.45, 2.75) is 77.7 Å². The maximum Gasteiger partial charge on any atom is 0.159 e. The average molecular weight is 1110 g/mol. The molecule has 0 saturated carbocycles. The standard InChI is InChI=1S/C83H68N2O/c1-52(2)69-50-78(84(74-36-21-34-62-61-32-18-17-31-60(61)49-73(62)74)75-45-39-58(54-23-9-5-10-24-54)47-71(75)56-27-13-7-14-28-56)67-43-41-65-70(53(3)4)51-79(68-44-42-64(69)81(67)82(65)68)85(77-37-22-35-66-63-33-19-20-38-80(63)86-83(66)77)76-46-40-59(55-25-11-6-12-26-55)48-72(76)57-29-15-8-16-30-57/h5,7-11,13-15,17-29,31-48,50-53,72,76H,6,12,16,30,49H2,1-4H3. The molecule has 0 bridgehead atoms. The highest BCUT2D eigenvalue weighted by Gasteiger charge is 2.36. The van der Waals surface area contributed by atoms with Crippen LogP contribution in [0, 0.1) is 5.92 Å². The number of hydrogen-bond acceptors (Lipinski definition) is 3. The lowest BCUT2D eigenvalue weighted by Gasteiger charge is -2.40. The maximum absolute atomic E-state index is 7.14. The van der Waals surface area contributed by atoms with Gasteiger partial charge in [-0.25, -0.2) is 0 Å². The number of rotatable bonds is 12. The molecule has 4 aliphatic rings. The SMILES string of the molecule is CC(C)c1cc(N(c2ccc(-c3ccccc3)cc2-c2ccccc2)c2cccc3c2Cc2ccccc2-3)c2ccc3c(C(C)C)cc(N(c4cccc5c4oc4ccccc45)C4C=CC(C5=CCCC=C5)=CC4C4=CC=CCC4)c4ccc1c2c34. The molecular formula is C83H68N2O. The third-order valence-electron chi connectivity index (χ3n) is 19.1. The smallest absolute Gasteiger partial charge is 0.159 e. The minimum absolute atomic E-state index is 0.0791. The fourth-order valence-electron chi connectivity index (χ4n) is 15.0. The maximum atomic E-state index is 7.14. The minimum atomic E-state index is -0.0844. The van der Waals surface area contributed by atoms with Crippen molar-refractivity contribution < 1.29 is 4.42 Å². The van der Waals surface area contributed by atoms with Gasteiger partial charge in [-0.2, -0.15) is 0 Å². The second-order valence-electron chi connectivity index (χ2n) is 24.8. The Morgan fingerprint density at radius 3 is 1.90 bits per heavy atom. The van der Waals surface area contributed by atoms with Crippen LogP contribution in [0.2, 0.25) is 0 Å². The van der Waals surface area contributed by atoms with E-state index in [1.54, 1.807) is 0 Å². The number of fused-ring (bicyclic) bond motifs is 6. The normalized spacial score (nSPS) is 16.4. The van der Waals surface area contributed by atoms with Crippen LogP contribution in [0.3, 0.4) is 0 Å². The Bertz CT molecular complexity index is 4870. The van der Waals surface area contributed by atoms with Crippen molar-refractivity contribution in [1.29, 1.82) is 0 Å². The molecule has 0 N–H and O–H groups in total. The van der Waals surface area contributed by atoms with Gasteiger partial charge in [0.1, 0.15) is 5.58 Å². The molecule has 2 atom stereocenters. The van der Waals surface area contributed by atoms with Gasteiger partial charge in [0.25, 0.3) is 0 Å². The van der Waals surface area contributed by atoms with E-state index in [1.807, 2.05) is 0 Å². The van der Waals surface area contributed by atoms with Crippen molar-refractivity contribution in [3.8, 4) is 33.4 Å². The fraction of sp³-hybridized carbons (Fsp3) is 0.157. The topological polar surface area (TPSA) is 19.6 Å². The Labute approximate surface area is 504 Å². The van der Waals surface area contributed by atoms with E-state index < -0.39 is 0 Å². The van der Waals surface area contributed by atoms with E-state index in [4.69, 9.17) is 4.42 Å². The van der Waals surface area contributed by atoms with Crippen molar-refractivity contribution in [3.05, 3.63) is 294 Å². The second kappa shape index (κ2) is 21.1. The quantitative estimate of drug-likeness (QED) is 0.114. The van der Waals surface area contributed by atoms with Crippen LogP contribution in [-0.2, 0) is 6.42 Å². The van der Waals surface area contributed by atoms with E-state index in [0.29, 0.717) is 0 Å². The zero-order chi connectivity index (χ0) is 57.6. The van der Waals surface area contributed by atoms with Crippen molar-refractivity contribution in [2.24, 2.45) is 5.92 Å². The van der Waals surface area contributed by atoms with E-state index in [-0.39, 0.29) is 23.8 Å². The molecule has 11 aromatic carbocycles. The zero-order valence-corrected chi connectivity index (χ0v) is 49.4.